The van der Waals surface area contributed by atoms with Crippen LogP contribution in [0, 0.1) is 6.92 Å². The van der Waals surface area contributed by atoms with Gasteiger partial charge >= 0.3 is 5.69 Å². The lowest BCUT2D eigenvalue weighted by Crippen LogP contribution is -2.41. The SMILES string of the molecule is COCCn1c(N)c(N(Cc2ccccc2)C(=O)Cc2ccccc2C)c(=O)[nH]c1=O. The van der Waals surface area contributed by atoms with E-state index in [4.69, 9.17) is 10.5 Å². The van der Waals surface area contributed by atoms with Gasteiger partial charge in [0, 0.05) is 7.11 Å². The van der Waals surface area contributed by atoms with Crippen LogP contribution < -0.4 is 21.9 Å². The minimum absolute atomic E-state index is 0.0434. The highest BCUT2D eigenvalue weighted by molar-refractivity contribution is 5.96. The summed E-state index contributed by atoms with van der Waals surface area (Å²) in [5.74, 6) is -0.368. The van der Waals surface area contributed by atoms with Gasteiger partial charge in [-0.3, -0.25) is 24.0 Å². The number of aryl methyl sites for hydroxylation is 1. The number of carbonyl (C=O) groups is 1. The van der Waals surface area contributed by atoms with Crippen molar-refractivity contribution in [2.75, 3.05) is 24.4 Å². The predicted molar refractivity (Wildman–Crippen MR) is 120 cm³/mol. The van der Waals surface area contributed by atoms with E-state index < -0.39 is 11.2 Å². The molecule has 8 nitrogen and oxygen atoms in total. The van der Waals surface area contributed by atoms with E-state index >= 15 is 0 Å². The van der Waals surface area contributed by atoms with Crippen molar-refractivity contribution in [1.82, 2.24) is 9.55 Å². The lowest BCUT2D eigenvalue weighted by Gasteiger charge is -2.25. The minimum atomic E-state index is -0.703. The number of amides is 1. The third kappa shape index (κ3) is 5.10. The van der Waals surface area contributed by atoms with Crippen molar-refractivity contribution >= 4 is 17.4 Å². The van der Waals surface area contributed by atoms with Crippen molar-refractivity contribution in [1.29, 1.82) is 0 Å². The average Bonchev–Trinajstić information content (AvgIpc) is 2.75. The second-order valence-corrected chi connectivity index (χ2v) is 7.21. The Balaban J connectivity index is 2.08. The summed E-state index contributed by atoms with van der Waals surface area (Å²) in [5.41, 5.74) is 7.50. The molecule has 0 unspecified atom stereocenters. The highest BCUT2D eigenvalue weighted by Crippen LogP contribution is 2.21. The van der Waals surface area contributed by atoms with Crippen LogP contribution in [-0.2, 0) is 29.0 Å². The molecule has 31 heavy (non-hydrogen) atoms. The van der Waals surface area contributed by atoms with E-state index in [0.29, 0.717) is 0 Å². The van der Waals surface area contributed by atoms with Gasteiger partial charge in [-0.2, -0.15) is 0 Å². The van der Waals surface area contributed by atoms with Gasteiger partial charge in [-0.05, 0) is 23.6 Å². The van der Waals surface area contributed by atoms with Gasteiger partial charge in [-0.1, -0.05) is 54.6 Å². The van der Waals surface area contributed by atoms with E-state index in [0.717, 1.165) is 16.7 Å². The fourth-order valence-electron chi connectivity index (χ4n) is 3.37. The van der Waals surface area contributed by atoms with Gasteiger partial charge in [0.15, 0.2) is 5.69 Å². The fraction of sp³-hybridized carbons (Fsp3) is 0.261. The Kier molecular flexibility index (Phi) is 7.04. The van der Waals surface area contributed by atoms with Gasteiger partial charge in [-0.25, -0.2) is 4.79 Å². The van der Waals surface area contributed by atoms with Crippen LogP contribution in [0.1, 0.15) is 16.7 Å². The van der Waals surface area contributed by atoms with E-state index in [1.165, 1.54) is 16.6 Å². The third-order valence-electron chi connectivity index (χ3n) is 5.09. The van der Waals surface area contributed by atoms with Crippen molar-refractivity contribution in [2.24, 2.45) is 0 Å². The fourth-order valence-corrected chi connectivity index (χ4v) is 3.37. The number of anilines is 2. The van der Waals surface area contributed by atoms with Crippen LogP contribution in [0.15, 0.2) is 64.2 Å². The Labute approximate surface area is 179 Å². The molecule has 0 aliphatic carbocycles. The molecule has 0 spiro atoms. The van der Waals surface area contributed by atoms with E-state index in [-0.39, 0.29) is 43.5 Å². The molecular weight excluding hydrogens is 396 g/mol. The van der Waals surface area contributed by atoms with Crippen LogP contribution >= 0.6 is 0 Å². The molecule has 8 heteroatoms. The quantitative estimate of drug-likeness (QED) is 0.576. The lowest BCUT2D eigenvalue weighted by atomic mass is 10.0. The molecular formula is C23H26N4O4. The maximum atomic E-state index is 13.4. The summed E-state index contributed by atoms with van der Waals surface area (Å²) < 4.78 is 6.24. The van der Waals surface area contributed by atoms with Gasteiger partial charge in [0.1, 0.15) is 5.82 Å². The molecule has 1 aromatic heterocycles. The molecule has 0 radical (unpaired) electrons. The number of hydrogen-bond acceptors (Lipinski definition) is 5. The number of nitrogens with zero attached hydrogens (tertiary/aromatic N) is 2. The van der Waals surface area contributed by atoms with Crippen LogP contribution in [0.25, 0.3) is 0 Å². The average molecular weight is 422 g/mol. The first-order valence-corrected chi connectivity index (χ1v) is 9.92. The van der Waals surface area contributed by atoms with Gasteiger partial charge in [-0.15, -0.1) is 0 Å². The van der Waals surface area contributed by atoms with E-state index in [9.17, 15) is 14.4 Å². The van der Waals surface area contributed by atoms with E-state index in [1.54, 1.807) is 0 Å². The summed E-state index contributed by atoms with van der Waals surface area (Å²) in [6, 6.07) is 16.9. The van der Waals surface area contributed by atoms with Gasteiger partial charge < -0.3 is 10.5 Å². The maximum absolute atomic E-state index is 13.4. The summed E-state index contributed by atoms with van der Waals surface area (Å²) in [6.45, 7) is 2.44. The standard InChI is InChI=1S/C23H26N4O4/c1-16-8-6-7-11-18(16)14-19(28)27(15-17-9-4-3-5-10-17)20-21(24)26(12-13-31-2)23(30)25-22(20)29/h3-11H,12-15,24H2,1-2H3,(H,25,29,30). The third-order valence-corrected chi connectivity index (χ3v) is 5.09. The van der Waals surface area contributed by atoms with Crippen molar-refractivity contribution < 1.29 is 9.53 Å². The second-order valence-electron chi connectivity index (χ2n) is 7.21. The zero-order valence-electron chi connectivity index (χ0n) is 17.6. The molecule has 162 valence electrons. The van der Waals surface area contributed by atoms with Gasteiger partial charge in [0.2, 0.25) is 5.91 Å². The summed E-state index contributed by atoms with van der Waals surface area (Å²) in [4.78, 5) is 42.1. The summed E-state index contributed by atoms with van der Waals surface area (Å²) in [7, 11) is 1.50. The van der Waals surface area contributed by atoms with Crippen molar-refractivity contribution in [3.63, 3.8) is 0 Å². The highest BCUT2D eigenvalue weighted by Gasteiger charge is 2.25. The molecule has 1 amide bonds. The zero-order valence-corrected chi connectivity index (χ0v) is 17.6. The number of benzene rings is 2. The Bertz CT molecular complexity index is 1170. The molecule has 0 aliphatic heterocycles. The smallest absolute Gasteiger partial charge is 0.330 e. The number of hydrogen-bond donors (Lipinski definition) is 2. The molecule has 3 N–H and O–H groups in total. The first kappa shape index (κ1) is 22.0. The molecule has 0 fully saturated rings. The molecule has 1 heterocycles. The molecule has 0 bridgehead atoms. The molecule has 0 atom stereocenters. The topological polar surface area (TPSA) is 110 Å². The number of carbonyl (C=O) groups excluding carboxylic acids is 1. The van der Waals surface area contributed by atoms with Crippen LogP contribution in [0.2, 0.25) is 0 Å². The van der Waals surface area contributed by atoms with Crippen LogP contribution in [-0.4, -0.2) is 29.2 Å². The molecule has 0 saturated heterocycles. The van der Waals surface area contributed by atoms with Crippen LogP contribution in [0.4, 0.5) is 11.5 Å². The summed E-state index contributed by atoms with van der Waals surface area (Å²) in [6.07, 6.45) is 0.0928. The molecule has 3 rings (SSSR count). The first-order valence-electron chi connectivity index (χ1n) is 9.92. The number of nitrogens with one attached hydrogen (secondary N) is 1. The van der Waals surface area contributed by atoms with Gasteiger partial charge in [0.25, 0.3) is 5.56 Å². The highest BCUT2D eigenvalue weighted by atomic mass is 16.5. The number of nitrogens with two attached hydrogens (primary N) is 1. The van der Waals surface area contributed by atoms with Gasteiger partial charge in [0.05, 0.1) is 26.1 Å². The van der Waals surface area contributed by atoms with Crippen molar-refractivity contribution in [3.8, 4) is 0 Å². The number of methoxy groups -OCH3 is 1. The molecule has 0 saturated carbocycles. The summed E-state index contributed by atoms with van der Waals surface area (Å²) in [5, 5.41) is 0. The predicted octanol–water partition coefficient (Wildman–Crippen LogP) is 1.85. The number of aromatic amines is 1. The Hall–Kier alpha value is -3.65. The minimum Gasteiger partial charge on any atom is -0.383 e. The van der Waals surface area contributed by atoms with E-state index in [1.807, 2.05) is 61.5 Å². The normalized spacial score (nSPS) is 10.8. The van der Waals surface area contributed by atoms with E-state index in [2.05, 4.69) is 4.98 Å². The Morgan fingerprint density at radius 2 is 1.77 bits per heavy atom. The zero-order chi connectivity index (χ0) is 22.4. The Morgan fingerprint density at radius 1 is 1.10 bits per heavy atom. The number of ether oxygens (including phenoxy) is 1. The lowest BCUT2D eigenvalue weighted by molar-refractivity contribution is -0.118. The monoisotopic (exact) mass is 422 g/mol. The number of nitrogen functional groups attached to an aromatic ring is 1. The van der Waals surface area contributed by atoms with Crippen molar-refractivity contribution in [3.05, 3.63) is 92.1 Å². The number of aromatic nitrogens is 2. The Morgan fingerprint density at radius 3 is 2.45 bits per heavy atom. The van der Waals surface area contributed by atoms with Crippen LogP contribution in [0.5, 0.6) is 0 Å². The first-order chi connectivity index (χ1) is 14.9. The van der Waals surface area contributed by atoms with Crippen molar-refractivity contribution in [2.45, 2.75) is 26.4 Å². The van der Waals surface area contributed by atoms with Crippen LogP contribution in [0.3, 0.4) is 0 Å². The number of rotatable bonds is 8. The summed E-state index contributed by atoms with van der Waals surface area (Å²) >= 11 is 0. The number of H-pyrrole nitrogens is 1. The molecule has 0 aliphatic rings. The maximum Gasteiger partial charge on any atom is 0.330 e. The largest absolute Gasteiger partial charge is 0.383 e. The molecule has 2 aromatic carbocycles. The molecule has 3 aromatic rings. The second kappa shape index (κ2) is 9.90.